The van der Waals surface area contributed by atoms with E-state index in [1.165, 1.54) is 24.3 Å². The van der Waals surface area contributed by atoms with Crippen LogP contribution in [0.2, 0.25) is 5.02 Å². The van der Waals surface area contributed by atoms with Gasteiger partial charge in [0.2, 0.25) is 11.8 Å². The Hall–Kier alpha value is -3.39. The van der Waals surface area contributed by atoms with Crippen LogP contribution in [-0.2, 0) is 6.18 Å². The summed E-state index contributed by atoms with van der Waals surface area (Å²) >= 11 is 5.70. The molecule has 0 aliphatic carbocycles. The van der Waals surface area contributed by atoms with Gasteiger partial charge in [0.15, 0.2) is 0 Å². The number of benzene rings is 3. The quantitative estimate of drug-likeness (QED) is 0.344. The maximum absolute atomic E-state index is 14.6. The molecule has 158 valence electrons. The molecule has 3 aromatic carbocycles. The monoisotopic (exact) mass is 447 g/mol. The van der Waals surface area contributed by atoms with Gasteiger partial charge in [0.1, 0.15) is 11.9 Å². The van der Waals surface area contributed by atoms with Crippen molar-refractivity contribution in [1.82, 2.24) is 10.2 Å². The molecule has 4 rings (SSSR count). The highest BCUT2D eigenvalue weighted by Crippen LogP contribution is 2.37. The van der Waals surface area contributed by atoms with Gasteiger partial charge in [-0.15, -0.1) is 10.2 Å². The fraction of sp³-hybridized carbons (Fsp3) is 0.0909. The summed E-state index contributed by atoms with van der Waals surface area (Å²) < 4.78 is 60.1. The van der Waals surface area contributed by atoms with E-state index in [0.29, 0.717) is 5.56 Å². The van der Waals surface area contributed by atoms with Crippen molar-refractivity contribution in [2.24, 2.45) is 0 Å². The molecule has 0 radical (unpaired) electrons. The van der Waals surface area contributed by atoms with Crippen LogP contribution in [0.15, 0.2) is 77.2 Å². The number of nitrogens with zero attached hydrogens (tertiary/aromatic N) is 2. The Labute approximate surface area is 179 Å². The Morgan fingerprint density at radius 2 is 1.61 bits per heavy atom. The van der Waals surface area contributed by atoms with E-state index in [1.807, 2.05) is 6.07 Å². The van der Waals surface area contributed by atoms with E-state index in [-0.39, 0.29) is 23.0 Å². The largest absolute Gasteiger partial charge is 0.418 e. The van der Waals surface area contributed by atoms with Crippen LogP contribution in [0.5, 0.6) is 0 Å². The molecule has 0 aliphatic heterocycles. The van der Waals surface area contributed by atoms with Crippen LogP contribution < -0.4 is 5.32 Å². The number of halogens is 5. The molecule has 0 bridgehead atoms. The van der Waals surface area contributed by atoms with E-state index < -0.39 is 28.6 Å². The van der Waals surface area contributed by atoms with Crippen LogP contribution in [-0.4, -0.2) is 10.2 Å². The highest BCUT2D eigenvalue weighted by atomic mass is 35.5. The standard InChI is InChI=1S/C22H14ClF4N3O/c23-17-11-10-14(12-16(17)22(25,26)27)28-19(15-8-4-5-9-18(15)24)21-30-29-20(31-21)13-6-2-1-3-7-13/h1-12,19,28H/t19-/m1/s1. The van der Waals surface area contributed by atoms with Crippen molar-refractivity contribution in [1.29, 1.82) is 0 Å². The summed E-state index contributed by atoms with van der Waals surface area (Å²) in [6, 6.07) is 17.1. The summed E-state index contributed by atoms with van der Waals surface area (Å²) in [5, 5.41) is 10.4. The van der Waals surface area contributed by atoms with Gasteiger partial charge in [-0.3, -0.25) is 0 Å². The maximum atomic E-state index is 14.6. The minimum absolute atomic E-state index is 0.00698. The van der Waals surface area contributed by atoms with Crippen molar-refractivity contribution in [3.8, 4) is 11.5 Å². The predicted molar refractivity (Wildman–Crippen MR) is 108 cm³/mol. The zero-order valence-electron chi connectivity index (χ0n) is 15.7. The van der Waals surface area contributed by atoms with Crippen molar-refractivity contribution in [3.05, 3.63) is 101 Å². The molecule has 0 fully saturated rings. The zero-order valence-corrected chi connectivity index (χ0v) is 16.5. The van der Waals surface area contributed by atoms with Gasteiger partial charge >= 0.3 is 6.18 Å². The minimum atomic E-state index is -4.65. The van der Waals surface area contributed by atoms with E-state index in [0.717, 1.165) is 12.1 Å². The molecule has 1 heterocycles. The lowest BCUT2D eigenvalue weighted by molar-refractivity contribution is -0.137. The molecule has 1 atom stereocenters. The Kier molecular flexibility index (Phi) is 5.65. The van der Waals surface area contributed by atoms with Gasteiger partial charge < -0.3 is 9.73 Å². The van der Waals surface area contributed by atoms with Crippen molar-refractivity contribution in [3.63, 3.8) is 0 Å². The normalized spacial score (nSPS) is 12.5. The van der Waals surface area contributed by atoms with Gasteiger partial charge in [0.05, 0.1) is 10.6 Å². The predicted octanol–water partition coefficient (Wildman–Crippen LogP) is 6.75. The molecule has 0 saturated heterocycles. The topological polar surface area (TPSA) is 51.0 Å². The third-order valence-corrected chi connectivity index (χ3v) is 4.84. The lowest BCUT2D eigenvalue weighted by atomic mass is 10.1. The van der Waals surface area contributed by atoms with E-state index in [9.17, 15) is 17.6 Å². The summed E-state index contributed by atoms with van der Waals surface area (Å²) in [5.74, 6) is -0.386. The summed E-state index contributed by atoms with van der Waals surface area (Å²) in [6.07, 6.45) is -4.65. The van der Waals surface area contributed by atoms with Gasteiger partial charge in [0, 0.05) is 16.8 Å². The van der Waals surface area contributed by atoms with Gasteiger partial charge in [-0.1, -0.05) is 48.0 Å². The lowest BCUT2D eigenvalue weighted by Crippen LogP contribution is -2.15. The molecule has 9 heteroatoms. The highest BCUT2D eigenvalue weighted by Gasteiger charge is 2.34. The third kappa shape index (κ3) is 4.54. The smallest absolute Gasteiger partial charge is 0.417 e. The molecular formula is C22H14ClF4N3O. The molecular weight excluding hydrogens is 434 g/mol. The van der Waals surface area contributed by atoms with Gasteiger partial charge in [0.25, 0.3) is 0 Å². The Morgan fingerprint density at radius 1 is 0.903 bits per heavy atom. The molecule has 1 N–H and O–H groups in total. The third-order valence-electron chi connectivity index (χ3n) is 4.51. The van der Waals surface area contributed by atoms with E-state index in [4.69, 9.17) is 16.0 Å². The van der Waals surface area contributed by atoms with Crippen LogP contribution in [0, 0.1) is 5.82 Å². The zero-order chi connectivity index (χ0) is 22.0. The number of rotatable bonds is 5. The summed E-state index contributed by atoms with van der Waals surface area (Å²) in [4.78, 5) is 0. The molecule has 4 aromatic rings. The van der Waals surface area contributed by atoms with Crippen LogP contribution in [0.3, 0.4) is 0 Å². The average molecular weight is 448 g/mol. The number of nitrogens with one attached hydrogen (secondary N) is 1. The number of aromatic nitrogens is 2. The average Bonchev–Trinajstić information content (AvgIpc) is 3.24. The number of alkyl halides is 3. The van der Waals surface area contributed by atoms with Crippen molar-refractivity contribution < 1.29 is 22.0 Å². The van der Waals surface area contributed by atoms with Crippen molar-refractivity contribution >= 4 is 17.3 Å². The molecule has 4 nitrogen and oxygen atoms in total. The molecule has 0 aliphatic rings. The van der Waals surface area contributed by atoms with Crippen molar-refractivity contribution in [2.75, 3.05) is 5.32 Å². The first-order valence-corrected chi connectivity index (χ1v) is 9.47. The Bertz CT molecular complexity index is 1190. The number of anilines is 1. The first-order valence-electron chi connectivity index (χ1n) is 9.09. The van der Waals surface area contributed by atoms with Gasteiger partial charge in [-0.05, 0) is 36.4 Å². The van der Waals surface area contributed by atoms with Crippen LogP contribution in [0.25, 0.3) is 11.5 Å². The molecule has 0 spiro atoms. The van der Waals surface area contributed by atoms with E-state index in [2.05, 4.69) is 15.5 Å². The summed E-state index contributed by atoms with van der Waals surface area (Å²) in [6.45, 7) is 0. The fourth-order valence-electron chi connectivity index (χ4n) is 3.03. The van der Waals surface area contributed by atoms with Gasteiger partial charge in [-0.25, -0.2) is 4.39 Å². The van der Waals surface area contributed by atoms with Gasteiger partial charge in [-0.2, -0.15) is 13.2 Å². The number of hydrogen-bond donors (Lipinski definition) is 1. The molecule has 0 amide bonds. The lowest BCUT2D eigenvalue weighted by Gasteiger charge is -2.19. The summed E-state index contributed by atoms with van der Waals surface area (Å²) in [7, 11) is 0. The first-order chi connectivity index (χ1) is 14.8. The van der Waals surface area contributed by atoms with Crippen molar-refractivity contribution in [2.45, 2.75) is 12.2 Å². The molecule has 1 aromatic heterocycles. The molecule has 0 saturated carbocycles. The fourth-order valence-corrected chi connectivity index (χ4v) is 3.25. The Balaban J connectivity index is 1.75. The van der Waals surface area contributed by atoms with Crippen LogP contribution in [0.1, 0.15) is 23.1 Å². The highest BCUT2D eigenvalue weighted by molar-refractivity contribution is 6.31. The van der Waals surface area contributed by atoms with Crippen LogP contribution >= 0.6 is 11.6 Å². The minimum Gasteiger partial charge on any atom is -0.418 e. The number of hydrogen-bond acceptors (Lipinski definition) is 4. The second kappa shape index (κ2) is 8.39. The summed E-state index contributed by atoms with van der Waals surface area (Å²) in [5.41, 5.74) is -0.167. The first kappa shape index (κ1) is 20.9. The SMILES string of the molecule is Fc1ccccc1[C@@H](Nc1ccc(Cl)c(C(F)(F)F)c1)c1nnc(-c2ccccc2)o1. The molecule has 31 heavy (non-hydrogen) atoms. The Morgan fingerprint density at radius 3 is 2.32 bits per heavy atom. The van der Waals surface area contributed by atoms with Crippen LogP contribution in [0.4, 0.5) is 23.2 Å². The molecule has 0 unspecified atom stereocenters. The second-order valence-electron chi connectivity index (χ2n) is 6.60. The maximum Gasteiger partial charge on any atom is 0.417 e. The second-order valence-corrected chi connectivity index (χ2v) is 7.01. The van der Waals surface area contributed by atoms with E-state index in [1.54, 1.807) is 30.3 Å². The van der Waals surface area contributed by atoms with E-state index >= 15 is 0 Å².